The van der Waals surface area contributed by atoms with E-state index in [9.17, 15) is 22.0 Å². The maximum atomic E-state index is 13.3. The lowest BCUT2D eigenvalue weighted by molar-refractivity contribution is 0.174. The molecular formula is C18H21F2N5O3S. The van der Waals surface area contributed by atoms with Gasteiger partial charge in [-0.2, -0.15) is 0 Å². The third-order valence-electron chi connectivity index (χ3n) is 4.78. The molecule has 2 heterocycles. The van der Waals surface area contributed by atoms with Crippen molar-refractivity contribution in [1.29, 1.82) is 0 Å². The van der Waals surface area contributed by atoms with E-state index in [4.69, 9.17) is 0 Å². The van der Waals surface area contributed by atoms with Crippen LogP contribution in [0.3, 0.4) is 0 Å². The number of carbonyl (C=O) groups is 1. The van der Waals surface area contributed by atoms with Gasteiger partial charge in [-0.15, -0.1) is 0 Å². The first-order valence-electron chi connectivity index (χ1n) is 8.91. The zero-order valence-electron chi connectivity index (χ0n) is 16.0. The summed E-state index contributed by atoms with van der Waals surface area (Å²) in [6, 6.07) is 2.52. The highest BCUT2D eigenvalue weighted by Crippen LogP contribution is 2.20. The summed E-state index contributed by atoms with van der Waals surface area (Å²) in [5, 5.41) is 2.66. The first-order valence-corrected chi connectivity index (χ1v) is 10.8. The van der Waals surface area contributed by atoms with Gasteiger partial charge in [-0.1, -0.05) is 0 Å². The molecule has 1 aliphatic rings. The number of hydrogen-bond acceptors (Lipinski definition) is 5. The van der Waals surface area contributed by atoms with Gasteiger partial charge in [0.2, 0.25) is 10.0 Å². The Bertz CT molecular complexity index is 973. The number of aromatic nitrogens is 2. The van der Waals surface area contributed by atoms with Crippen molar-refractivity contribution in [2.45, 2.75) is 18.9 Å². The van der Waals surface area contributed by atoms with Gasteiger partial charge >= 0.3 is 6.03 Å². The van der Waals surface area contributed by atoms with Crippen LogP contribution >= 0.6 is 0 Å². The van der Waals surface area contributed by atoms with Crippen molar-refractivity contribution < 1.29 is 22.0 Å². The minimum absolute atomic E-state index is 0.0940. The van der Waals surface area contributed by atoms with Crippen LogP contribution in [0.4, 0.5) is 19.3 Å². The highest BCUT2D eigenvalue weighted by atomic mass is 32.2. The van der Waals surface area contributed by atoms with Gasteiger partial charge in [0.05, 0.1) is 24.3 Å². The lowest BCUT2D eigenvalue weighted by Crippen LogP contribution is -2.48. The van der Waals surface area contributed by atoms with Crippen LogP contribution in [-0.4, -0.2) is 66.1 Å². The van der Waals surface area contributed by atoms with Gasteiger partial charge in [-0.25, -0.2) is 36.3 Å². The van der Waals surface area contributed by atoms with Crippen molar-refractivity contribution in [3.8, 4) is 11.4 Å². The van der Waals surface area contributed by atoms with Crippen LogP contribution in [0.15, 0.2) is 30.6 Å². The van der Waals surface area contributed by atoms with E-state index in [2.05, 4.69) is 15.3 Å². The number of carbonyl (C=O) groups excluding carboxylic acids is 1. The Morgan fingerprint density at radius 3 is 2.21 bits per heavy atom. The monoisotopic (exact) mass is 425 g/mol. The van der Waals surface area contributed by atoms with Crippen LogP contribution in [0.25, 0.3) is 11.4 Å². The van der Waals surface area contributed by atoms with Crippen LogP contribution in [-0.2, 0) is 10.0 Å². The zero-order valence-corrected chi connectivity index (χ0v) is 16.8. The number of rotatable bonds is 4. The quantitative estimate of drug-likeness (QED) is 0.811. The third-order valence-corrected chi connectivity index (χ3v) is 6.09. The Morgan fingerprint density at radius 1 is 1.14 bits per heavy atom. The molecule has 3 rings (SSSR count). The summed E-state index contributed by atoms with van der Waals surface area (Å²) in [7, 11) is -1.59. The van der Waals surface area contributed by atoms with Crippen molar-refractivity contribution >= 4 is 21.7 Å². The molecule has 1 N–H and O–H groups in total. The summed E-state index contributed by atoms with van der Waals surface area (Å²) in [6.45, 7) is 0.728. The molecule has 1 saturated heterocycles. The molecule has 2 amide bonds. The molecule has 156 valence electrons. The number of anilines is 1. The highest BCUT2D eigenvalue weighted by molar-refractivity contribution is 7.88. The average molecular weight is 425 g/mol. The van der Waals surface area contributed by atoms with E-state index in [1.54, 1.807) is 7.05 Å². The maximum Gasteiger partial charge on any atom is 0.321 e. The van der Waals surface area contributed by atoms with E-state index < -0.39 is 21.7 Å². The lowest BCUT2D eigenvalue weighted by atomic mass is 10.1. The number of nitrogens with zero attached hydrogens (tertiary/aromatic N) is 4. The van der Waals surface area contributed by atoms with Crippen molar-refractivity contribution in [1.82, 2.24) is 19.2 Å². The SMILES string of the molecule is CN(C(=O)Nc1cnc(-c2cc(F)cc(F)c2)nc1)C1CCN(S(C)(=O)=O)CC1. The first-order chi connectivity index (χ1) is 13.6. The second-order valence-corrected chi connectivity index (χ2v) is 8.87. The molecule has 29 heavy (non-hydrogen) atoms. The summed E-state index contributed by atoms with van der Waals surface area (Å²) >= 11 is 0. The van der Waals surface area contributed by atoms with Gasteiger partial charge in [-0.05, 0) is 25.0 Å². The first kappa shape index (κ1) is 21.1. The highest BCUT2D eigenvalue weighted by Gasteiger charge is 2.29. The Balaban J connectivity index is 1.60. The van der Waals surface area contributed by atoms with Gasteiger partial charge < -0.3 is 10.2 Å². The molecular weight excluding hydrogens is 404 g/mol. The molecule has 0 saturated carbocycles. The molecule has 1 aliphatic heterocycles. The zero-order chi connectivity index (χ0) is 21.2. The number of halogens is 2. The van der Waals surface area contributed by atoms with E-state index in [1.165, 1.54) is 27.9 Å². The van der Waals surface area contributed by atoms with E-state index in [-0.39, 0.29) is 23.5 Å². The molecule has 0 spiro atoms. The normalized spacial score (nSPS) is 15.9. The Labute approximate surface area is 167 Å². The van der Waals surface area contributed by atoms with E-state index in [1.807, 2.05) is 0 Å². The minimum Gasteiger partial charge on any atom is -0.325 e. The number of sulfonamides is 1. The van der Waals surface area contributed by atoms with Gasteiger partial charge in [-0.3, -0.25) is 0 Å². The maximum absolute atomic E-state index is 13.3. The van der Waals surface area contributed by atoms with Crippen LogP contribution < -0.4 is 5.32 Å². The van der Waals surface area contributed by atoms with Crippen molar-refractivity contribution in [2.24, 2.45) is 0 Å². The van der Waals surface area contributed by atoms with Crippen LogP contribution in [0, 0.1) is 11.6 Å². The fraction of sp³-hybridized carbons (Fsp3) is 0.389. The molecule has 1 aromatic carbocycles. The van der Waals surface area contributed by atoms with Gasteiger partial charge in [0, 0.05) is 37.8 Å². The smallest absolute Gasteiger partial charge is 0.321 e. The Hall–Kier alpha value is -2.66. The summed E-state index contributed by atoms with van der Waals surface area (Å²) in [6.07, 6.45) is 4.95. The molecule has 2 aromatic rings. The molecule has 0 aliphatic carbocycles. The predicted octanol–water partition coefficient (Wildman–Crippen LogP) is 2.31. The standard InChI is InChI=1S/C18H21F2N5O3S/c1-24(16-3-5-25(6-4-16)29(2,27)28)18(26)23-15-10-21-17(22-11-15)12-7-13(19)9-14(20)8-12/h7-11,16H,3-6H2,1-2H3,(H,23,26). The molecule has 0 radical (unpaired) electrons. The van der Waals surface area contributed by atoms with E-state index >= 15 is 0 Å². The second-order valence-electron chi connectivity index (χ2n) is 6.89. The largest absolute Gasteiger partial charge is 0.325 e. The summed E-state index contributed by atoms with van der Waals surface area (Å²) in [4.78, 5) is 22.1. The molecule has 11 heteroatoms. The van der Waals surface area contributed by atoms with E-state index in [0.717, 1.165) is 18.2 Å². The van der Waals surface area contributed by atoms with Gasteiger partial charge in [0.15, 0.2) is 5.82 Å². The average Bonchev–Trinajstić information content (AvgIpc) is 2.66. The molecule has 0 atom stereocenters. The minimum atomic E-state index is -3.23. The molecule has 0 bridgehead atoms. The fourth-order valence-corrected chi connectivity index (χ4v) is 4.04. The number of hydrogen-bond donors (Lipinski definition) is 1. The van der Waals surface area contributed by atoms with Crippen LogP contribution in [0.2, 0.25) is 0 Å². The lowest BCUT2D eigenvalue weighted by Gasteiger charge is -2.35. The molecule has 0 unspecified atom stereocenters. The topological polar surface area (TPSA) is 95.5 Å². The third kappa shape index (κ3) is 5.24. The van der Waals surface area contributed by atoms with Crippen LogP contribution in [0.1, 0.15) is 12.8 Å². The Morgan fingerprint density at radius 2 is 1.69 bits per heavy atom. The van der Waals surface area contributed by atoms with Crippen molar-refractivity contribution in [3.63, 3.8) is 0 Å². The number of benzene rings is 1. The summed E-state index contributed by atoms with van der Waals surface area (Å²) in [5.41, 5.74) is 0.520. The molecule has 1 fully saturated rings. The number of urea groups is 1. The summed E-state index contributed by atoms with van der Waals surface area (Å²) < 4.78 is 51.2. The van der Waals surface area contributed by atoms with Gasteiger partial charge in [0.1, 0.15) is 11.6 Å². The van der Waals surface area contributed by atoms with Gasteiger partial charge in [0.25, 0.3) is 0 Å². The predicted molar refractivity (Wildman–Crippen MR) is 104 cm³/mol. The molecule has 8 nitrogen and oxygen atoms in total. The van der Waals surface area contributed by atoms with Crippen molar-refractivity contribution in [2.75, 3.05) is 31.7 Å². The number of nitrogens with one attached hydrogen (secondary N) is 1. The number of amides is 2. The van der Waals surface area contributed by atoms with Crippen LogP contribution in [0.5, 0.6) is 0 Å². The van der Waals surface area contributed by atoms with E-state index in [0.29, 0.717) is 31.6 Å². The fourth-order valence-electron chi connectivity index (χ4n) is 3.16. The second kappa shape index (κ2) is 8.37. The molecule has 1 aromatic heterocycles. The Kier molecular flexibility index (Phi) is 6.08. The summed E-state index contributed by atoms with van der Waals surface area (Å²) in [5.74, 6) is -1.34. The van der Waals surface area contributed by atoms with Crippen molar-refractivity contribution in [3.05, 3.63) is 42.2 Å². The number of piperidine rings is 1.